The van der Waals surface area contributed by atoms with Crippen molar-refractivity contribution in [3.63, 3.8) is 0 Å². The SMILES string of the molecule is NCCCCN(N)/C=C(\N)CNc1cccc2c1C(=O)N(C1CCC(=O)NC1=O)C2=O. The Morgan fingerprint density at radius 2 is 2.00 bits per heavy atom. The largest absolute Gasteiger partial charge is 0.399 e. The number of carbonyl (C=O) groups excluding carboxylic acids is 4. The number of hydrogen-bond donors (Lipinski definition) is 5. The zero-order chi connectivity index (χ0) is 22.5. The second-order valence-corrected chi connectivity index (χ2v) is 7.47. The minimum Gasteiger partial charge on any atom is -0.399 e. The molecule has 0 aliphatic carbocycles. The van der Waals surface area contributed by atoms with Crippen molar-refractivity contribution in [3.05, 3.63) is 41.2 Å². The van der Waals surface area contributed by atoms with E-state index in [2.05, 4.69) is 10.6 Å². The average molecular weight is 429 g/mol. The monoisotopic (exact) mass is 429 g/mol. The van der Waals surface area contributed by atoms with Gasteiger partial charge < -0.3 is 21.8 Å². The van der Waals surface area contributed by atoms with E-state index < -0.39 is 29.7 Å². The minimum absolute atomic E-state index is 0.0666. The number of rotatable bonds is 9. The Bertz CT molecular complexity index is 930. The molecule has 0 saturated carbocycles. The molecule has 31 heavy (non-hydrogen) atoms. The predicted molar refractivity (Wildman–Crippen MR) is 113 cm³/mol. The molecule has 1 unspecified atom stereocenters. The molecule has 0 bridgehead atoms. The summed E-state index contributed by atoms with van der Waals surface area (Å²) in [5.41, 5.74) is 12.7. The molecule has 3 rings (SSSR count). The van der Waals surface area contributed by atoms with Gasteiger partial charge in [-0.2, -0.15) is 0 Å². The molecular weight excluding hydrogens is 402 g/mol. The average Bonchev–Trinajstić information content (AvgIpc) is 2.98. The first-order valence-electron chi connectivity index (χ1n) is 10.1. The van der Waals surface area contributed by atoms with Gasteiger partial charge in [0.15, 0.2) is 0 Å². The molecule has 0 radical (unpaired) electrons. The van der Waals surface area contributed by atoms with Gasteiger partial charge in [-0.3, -0.25) is 29.4 Å². The molecule has 0 spiro atoms. The van der Waals surface area contributed by atoms with Crippen LogP contribution in [0.15, 0.2) is 30.1 Å². The van der Waals surface area contributed by atoms with Gasteiger partial charge in [0.05, 0.1) is 17.7 Å². The van der Waals surface area contributed by atoms with Crippen LogP contribution < -0.4 is 27.9 Å². The van der Waals surface area contributed by atoms with E-state index in [-0.39, 0.29) is 30.5 Å². The molecule has 2 aliphatic heterocycles. The maximum Gasteiger partial charge on any atom is 0.264 e. The maximum absolute atomic E-state index is 13.0. The number of piperidine rings is 1. The number of carbonyl (C=O) groups is 4. The van der Waals surface area contributed by atoms with Gasteiger partial charge in [0.1, 0.15) is 6.04 Å². The summed E-state index contributed by atoms with van der Waals surface area (Å²) >= 11 is 0. The van der Waals surface area contributed by atoms with Crippen molar-refractivity contribution in [2.45, 2.75) is 31.7 Å². The Balaban J connectivity index is 1.72. The summed E-state index contributed by atoms with van der Waals surface area (Å²) in [5.74, 6) is 3.67. The van der Waals surface area contributed by atoms with Crippen LogP contribution in [0.1, 0.15) is 46.4 Å². The van der Waals surface area contributed by atoms with E-state index in [0.29, 0.717) is 24.5 Å². The van der Waals surface area contributed by atoms with Crippen molar-refractivity contribution in [1.29, 1.82) is 0 Å². The zero-order valence-corrected chi connectivity index (χ0v) is 17.1. The standard InChI is InChI=1S/C20H27N7O4/c21-8-1-2-9-26(23)11-12(22)10-24-14-5-3-4-13-17(14)20(31)27(19(13)30)15-6-7-16(28)25-18(15)29/h3-5,11,15,24H,1-2,6-10,21-23H2,(H,25,28,29)/b12-11-. The summed E-state index contributed by atoms with van der Waals surface area (Å²) in [6.45, 7) is 1.39. The molecule has 2 heterocycles. The highest BCUT2D eigenvalue weighted by Crippen LogP contribution is 2.32. The summed E-state index contributed by atoms with van der Waals surface area (Å²) in [5, 5.41) is 6.71. The first-order valence-corrected chi connectivity index (χ1v) is 10.1. The number of nitrogens with one attached hydrogen (secondary N) is 2. The number of imide groups is 2. The van der Waals surface area contributed by atoms with Crippen molar-refractivity contribution in [1.82, 2.24) is 15.2 Å². The molecule has 1 aromatic rings. The fourth-order valence-corrected chi connectivity index (χ4v) is 3.62. The number of amides is 4. The van der Waals surface area contributed by atoms with Crippen LogP contribution in [0.3, 0.4) is 0 Å². The van der Waals surface area contributed by atoms with Crippen LogP contribution in [-0.2, 0) is 9.59 Å². The Hall–Kier alpha value is -3.44. The number of nitrogens with zero attached hydrogens (tertiary/aromatic N) is 2. The van der Waals surface area contributed by atoms with Gasteiger partial charge >= 0.3 is 0 Å². The third-order valence-electron chi connectivity index (χ3n) is 5.15. The van der Waals surface area contributed by atoms with Crippen molar-refractivity contribution >= 4 is 29.3 Å². The van der Waals surface area contributed by atoms with E-state index in [1.807, 2.05) is 0 Å². The maximum atomic E-state index is 13.0. The zero-order valence-electron chi connectivity index (χ0n) is 17.1. The van der Waals surface area contributed by atoms with Crippen LogP contribution in [0.4, 0.5) is 5.69 Å². The number of hydrogen-bond acceptors (Lipinski definition) is 9. The van der Waals surface area contributed by atoms with Crippen molar-refractivity contribution in [2.24, 2.45) is 17.3 Å². The minimum atomic E-state index is -1.01. The quantitative estimate of drug-likeness (QED) is 0.146. The smallest absolute Gasteiger partial charge is 0.264 e. The second kappa shape index (κ2) is 9.58. The Labute approximate surface area is 179 Å². The lowest BCUT2D eigenvalue weighted by atomic mass is 10.0. The molecule has 1 fully saturated rings. The number of fused-ring (bicyclic) bond motifs is 1. The molecule has 1 aromatic carbocycles. The summed E-state index contributed by atoms with van der Waals surface area (Å²) < 4.78 is 0. The first-order chi connectivity index (χ1) is 14.8. The number of anilines is 1. The van der Waals surface area contributed by atoms with Gasteiger partial charge in [-0.15, -0.1) is 0 Å². The normalized spacial score (nSPS) is 18.8. The molecule has 11 heteroatoms. The second-order valence-electron chi connectivity index (χ2n) is 7.47. The van der Waals surface area contributed by atoms with Gasteiger partial charge in [-0.25, -0.2) is 5.84 Å². The number of hydrazine groups is 1. The van der Waals surface area contributed by atoms with Gasteiger partial charge in [-0.1, -0.05) is 6.07 Å². The highest BCUT2D eigenvalue weighted by atomic mass is 16.2. The van der Waals surface area contributed by atoms with Gasteiger partial charge in [0.2, 0.25) is 11.8 Å². The van der Waals surface area contributed by atoms with Crippen LogP contribution in [0.2, 0.25) is 0 Å². The van der Waals surface area contributed by atoms with Crippen LogP contribution in [0.5, 0.6) is 0 Å². The van der Waals surface area contributed by atoms with Crippen LogP contribution >= 0.6 is 0 Å². The topological polar surface area (TPSA) is 177 Å². The Morgan fingerprint density at radius 3 is 2.71 bits per heavy atom. The van der Waals surface area contributed by atoms with Crippen LogP contribution in [0.25, 0.3) is 0 Å². The molecule has 166 valence electrons. The lowest BCUT2D eigenvalue weighted by Gasteiger charge is -2.27. The first kappa shape index (κ1) is 22.2. The van der Waals surface area contributed by atoms with E-state index in [9.17, 15) is 19.2 Å². The van der Waals surface area contributed by atoms with Crippen molar-refractivity contribution in [2.75, 3.05) is 25.0 Å². The molecule has 2 aliphatic rings. The summed E-state index contributed by atoms with van der Waals surface area (Å²) in [6.07, 6.45) is 3.45. The highest BCUT2D eigenvalue weighted by molar-refractivity contribution is 6.25. The third-order valence-corrected chi connectivity index (χ3v) is 5.15. The predicted octanol–water partition coefficient (Wildman–Crippen LogP) is -0.786. The lowest BCUT2D eigenvalue weighted by Crippen LogP contribution is -2.54. The molecule has 1 atom stereocenters. The third kappa shape index (κ3) is 4.84. The molecular formula is C20H27N7O4. The van der Waals surface area contributed by atoms with Crippen molar-refractivity contribution in [3.8, 4) is 0 Å². The number of nitrogens with two attached hydrogens (primary N) is 3. The summed E-state index contributed by atoms with van der Waals surface area (Å²) in [4.78, 5) is 50.4. The van der Waals surface area contributed by atoms with Crippen LogP contribution in [-0.4, -0.2) is 59.2 Å². The van der Waals surface area contributed by atoms with E-state index in [1.165, 1.54) is 11.1 Å². The van der Waals surface area contributed by atoms with E-state index >= 15 is 0 Å². The van der Waals surface area contributed by atoms with Gasteiger partial charge in [0, 0.05) is 30.5 Å². The molecule has 8 N–H and O–H groups in total. The number of unbranched alkanes of at least 4 members (excludes halogenated alkanes) is 1. The molecule has 4 amide bonds. The van der Waals surface area contributed by atoms with E-state index in [1.54, 1.807) is 18.3 Å². The molecule has 1 saturated heterocycles. The lowest BCUT2D eigenvalue weighted by molar-refractivity contribution is -0.136. The molecule has 11 nitrogen and oxygen atoms in total. The van der Waals surface area contributed by atoms with E-state index in [0.717, 1.165) is 17.7 Å². The van der Waals surface area contributed by atoms with Crippen LogP contribution in [0, 0.1) is 0 Å². The van der Waals surface area contributed by atoms with Crippen molar-refractivity contribution < 1.29 is 19.2 Å². The van der Waals surface area contributed by atoms with Gasteiger partial charge in [0.25, 0.3) is 11.8 Å². The Kier molecular flexibility index (Phi) is 6.88. The molecule has 0 aromatic heterocycles. The fraction of sp³-hybridized carbons (Fsp3) is 0.400. The van der Waals surface area contributed by atoms with Gasteiger partial charge in [-0.05, 0) is 37.9 Å². The number of benzene rings is 1. The Morgan fingerprint density at radius 1 is 1.23 bits per heavy atom. The highest BCUT2D eigenvalue weighted by Gasteiger charge is 2.45. The summed E-state index contributed by atoms with van der Waals surface area (Å²) in [6, 6.07) is 3.82. The fourth-order valence-electron chi connectivity index (χ4n) is 3.62. The van der Waals surface area contributed by atoms with E-state index in [4.69, 9.17) is 17.3 Å². The summed E-state index contributed by atoms with van der Waals surface area (Å²) in [7, 11) is 0.